The molecule has 6 nitrogen and oxygen atoms in total. The molecule has 0 radical (unpaired) electrons. The third kappa shape index (κ3) is 2.33. The molecule has 0 spiro atoms. The molecule has 3 heterocycles. The Morgan fingerprint density at radius 1 is 1.39 bits per heavy atom. The lowest BCUT2D eigenvalue weighted by atomic mass is 9.98. The number of hydrogen-bond donors (Lipinski definition) is 1. The summed E-state index contributed by atoms with van der Waals surface area (Å²) in [5.41, 5.74) is 1.07. The average molecular weight is 333 g/mol. The Labute approximate surface area is 139 Å². The van der Waals surface area contributed by atoms with Crippen molar-refractivity contribution in [1.82, 2.24) is 15.0 Å². The smallest absolute Gasteiger partial charge is 0.224 e. The van der Waals surface area contributed by atoms with Gasteiger partial charge in [0.25, 0.3) is 0 Å². The molecule has 0 unspecified atom stereocenters. The van der Waals surface area contributed by atoms with Crippen molar-refractivity contribution in [3.8, 4) is 5.75 Å². The fourth-order valence-corrected chi connectivity index (χ4v) is 3.38. The first-order valence-electron chi connectivity index (χ1n) is 7.76. The van der Waals surface area contributed by atoms with Crippen molar-refractivity contribution in [2.75, 3.05) is 18.1 Å². The van der Waals surface area contributed by atoms with Crippen molar-refractivity contribution in [2.24, 2.45) is 0 Å². The summed E-state index contributed by atoms with van der Waals surface area (Å²) in [4.78, 5) is 14.9. The Morgan fingerprint density at radius 2 is 2.26 bits per heavy atom. The summed E-state index contributed by atoms with van der Waals surface area (Å²) >= 11 is 5.93. The van der Waals surface area contributed by atoms with Gasteiger partial charge in [0.05, 0.1) is 18.4 Å². The standard InChI is InChI=1S/C16H17ClN4O2/c1-2-16(22)6-5-10-3-4-12(19-13(10)16)21-7-8-23-11-9-18-15(17)20-14(11)21/h3-4,9,22H,2,5-8H2,1H3/t16-/m1/s1. The minimum absolute atomic E-state index is 0.172. The number of halogens is 1. The van der Waals surface area contributed by atoms with Gasteiger partial charge in [-0.15, -0.1) is 0 Å². The second-order valence-electron chi connectivity index (χ2n) is 5.89. The molecule has 0 aromatic carbocycles. The molecule has 0 fully saturated rings. The minimum atomic E-state index is -0.830. The number of rotatable bonds is 2. The molecule has 2 aromatic heterocycles. The number of aromatic nitrogens is 3. The first-order chi connectivity index (χ1) is 11.1. The van der Waals surface area contributed by atoms with Gasteiger partial charge in [0, 0.05) is 0 Å². The summed E-state index contributed by atoms with van der Waals surface area (Å²) in [6.45, 7) is 3.13. The molecule has 4 rings (SSSR count). The molecule has 1 atom stereocenters. The SMILES string of the molecule is CC[C@@]1(O)CCc2ccc(N3CCOc4cnc(Cl)nc43)nc21. The van der Waals surface area contributed by atoms with E-state index in [1.165, 1.54) is 0 Å². The fraction of sp³-hybridized carbons (Fsp3) is 0.438. The Balaban J connectivity index is 1.79. The maximum absolute atomic E-state index is 10.8. The second-order valence-corrected chi connectivity index (χ2v) is 6.23. The molecular formula is C16H17ClN4O2. The monoisotopic (exact) mass is 332 g/mol. The number of pyridine rings is 1. The number of nitrogens with zero attached hydrogens (tertiary/aromatic N) is 4. The molecule has 23 heavy (non-hydrogen) atoms. The van der Waals surface area contributed by atoms with Crippen molar-refractivity contribution in [3.05, 3.63) is 34.9 Å². The molecule has 1 aliphatic heterocycles. The largest absolute Gasteiger partial charge is 0.486 e. The van der Waals surface area contributed by atoms with Gasteiger partial charge in [-0.3, -0.25) is 0 Å². The van der Waals surface area contributed by atoms with Gasteiger partial charge in [0.2, 0.25) is 5.28 Å². The van der Waals surface area contributed by atoms with Crippen LogP contribution in [-0.4, -0.2) is 33.2 Å². The van der Waals surface area contributed by atoms with Crippen LogP contribution in [0, 0.1) is 0 Å². The van der Waals surface area contributed by atoms with E-state index in [2.05, 4.69) is 9.97 Å². The van der Waals surface area contributed by atoms with Crippen LogP contribution in [0.5, 0.6) is 5.75 Å². The van der Waals surface area contributed by atoms with Crippen molar-refractivity contribution in [1.29, 1.82) is 0 Å². The van der Waals surface area contributed by atoms with Gasteiger partial charge in [0.1, 0.15) is 18.0 Å². The van der Waals surface area contributed by atoms with E-state index in [-0.39, 0.29) is 5.28 Å². The normalized spacial score (nSPS) is 22.5. The van der Waals surface area contributed by atoms with Gasteiger partial charge in [-0.25, -0.2) is 9.97 Å². The topological polar surface area (TPSA) is 71.4 Å². The summed E-state index contributed by atoms with van der Waals surface area (Å²) < 4.78 is 5.58. The van der Waals surface area contributed by atoms with Crippen LogP contribution in [0.25, 0.3) is 0 Å². The second kappa shape index (κ2) is 5.32. The molecule has 0 bridgehead atoms. The first kappa shape index (κ1) is 14.7. The van der Waals surface area contributed by atoms with Crippen molar-refractivity contribution in [2.45, 2.75) is 31.8 Å². The van der Waals surface area contributed by atoms with Crippen molar-refractivity contribution >= 4 is 23.2 Å². The predicted molar refractivity (Wildman–Crippen MR) is 86.3 cm³/mol. The lowest BCUT2D eigenvalue weighted by Gasteiger charge is -2.30. The molecule has 2 aliphatic rings. The van der Waals surface area contributed by atoms with Crippen molar-refractivity contribution < 1.29 is 9.84 Å². The maximum atomic E-state index is 10.8. The first-order valence-corrected chi connectivity index (χ1v) is 8.14. The van der Waals surface area contributed by atoms with E-state index in [9.17, 15) is 5.11 Å². The summed E-state index contributed by atoms with van der Waals surface area (Å²) in [7, 11) is 0. The van der Waals surface area contributed by atoms with Gasteiger partial charge in [-0.1, -0.05) is 13.0 Å². The molecule has 120 valence electrons. The average Bonchev–Trinajstić information content (AvgIpc) is 2.91. The van der Waals surface area contributed by atoms with Crippen LogP contribution in [-0.2, 0) is 12.0 Å². The Hall–Kier alpha value is -1.92. The number of anilines is 2. The lowest BCUT2D eigenvalue weighted by molar-refractivity contribution is 0.0307. The zero-order chi connectivity index (χ0) is 16.0. The highest BCUT2D eigenvalue weighted by atomic mass is 35.5. The van der Waals surface area contributed by atoms with Crippen LogP contribution in [0.2, 0.25) is 5.28 Å². The van der Waals surface area contributed by atoms with E-state index in [1.807, 2.05) is 24.0 Å². The number of hydrogen-bond acceptors (Lipinski definition) is 6. The van der Waals surface area contributed by atoms with Crippen molar-refractivity contribution in [3.63, 3.8) is 0 Å². The molecule has 0 saturated carbocycles. The summed E-state index contributed by atoms with van der Waals surface area (Å²) in [6.07, 6.45) is 3.82. The Morgan fingerprint density at radius 3 is 3.09 bits per heavy atom. The molecule has 7 heteroatoms. The Kier molecular flexibility index (Phi) is 3.39. The Bertz CT molecular complexity index is 770. The van der Waals surface area contributed by atoms with Gasteiger partial charge in [-0.05, 0) is 42.5 Å². The van der Waals surface area contributed by atoms with Crippen LogP contribution in [0.4, 0.5) is 11.6 Å². The van der Waals surface area contributed by atoms with Gasteiger partial charge < -0.3 is 14.7 Å². The van der Waals surface area contributed by atoms with Crippen LogP contribution in [0.3, 0.4) is 0 Å². The van der Waals surface area contributed by atoms with Crippen LogP contribution < -0.4 is 9.64 Å². The zero-order valence-corrected chi connectivity index (χ0v) is 13.5. The van der Waals surface area contributed by atoms with E-state index in [0.29, 0.717) is 31.1 Å². The number of ether oxygens (including phenoxy) is 1. The summed E-state index contributed by atoms with van der Waals surface area (Å²) in [6, 6.07) is 4.01. The highest BCUT2D eigenvalue weighted by Gasteiger charge is 2.37. The van der Waals surface area contributed by atoms with Gasteiger partial charge in [-0.2, -0.15) is 4.98 Å². The van der Waals surface area contributed by atoms with E-state index < -0.39 is 5.60 Å². The van der Waals surface area contributed by atoms with E-state index in [4.69, 9.17) is 21.3 Å². The predicted octanol–water partition coefficient (Wildman–Crippen LogP) is 2.60. The van der Waals surface area contributed by atoms with E-state index >= 15 is 0 Å². The van der Waals surface area contributed by atoms with Gasteiger partial charge >= 0.3 is 0 Å². The highest BCUT2D eigenvalue weighted by molar-refractivity contribution is 6.28. The molecular weight excluding hydrogens is 316 g/mol. The number of aliphatic hydroxyl groups is 1. The summed E-state index contributed by atoms with van der Waals surface area (Å²) in [5.74, 6) is 1.95. The highest BCUT2D eigenvalue weighted by Crippen LogP contribution is 2.40. The fourth-order valence-electron chi connectivity index (χ4n) is 3.25. The maximum Gasteiger partial charge on any atom is 0.224 e. The van der Waals surface area contributed by atoms with E-state index in [0.717, 1.165) is 29.9 Å². The quantitative estimate of drug-likeness (QED) is 0.852. The lowest BCUT2D eigenvalue weighted by Crippen LogP contribution is -2.31. The van der Waals surface area contributed by atoms with Crippen LogP contribution in [0.15, 0.2) is 18.3 Å². The van der Waals surface area contributed by atoms with E-state index in [1.54, 1.807) is 6.20 Å². The number of fused-ring (bicyclic) bond motifs is 2. The van der Waals surface area contributed by atoms with Crippen LogP contribution >= 0.6 is 11.6 Å². The molecule has 1 aliphatic carbocycles. The number of aryl methyl sites for hydroxylation is 1. The molecule has 1 N–H and O–H groups in total. The molecule has 0 amide bonds. The minimum Gasteiger partial charge on any atom is -0.486 e. The van der Waals surface area contributed by atoms with Gasteiger partial charge in [0.15, 0.2) is 11.6 Å². The third-order valence-electron chi connectivity index (χ3n) is 4.61. The molecule has 0 saturated heterocycles. The molecule has 2 aromatic rings. The third-order valence-corrected chi connectivity index (χ3v) is 4.79. The van der Waals surface area contributed by atoms with Crippen LogP contribution in [0.1, 0.15) is 31.0 Å². The zero-order valence-electron chi connectivity index (χ0n) is 12.8. The summed E-state index contributed by atoms with van der Waals surface area (Å²) in [5, 5.41) is 10.9.